The standard InChI is InChI=1S/C16H21NO4/c1-11-4-5-13(12(2)8-11)6-7-14(18)17-10-16(3,21)9-15(19)20/h4-8,21H,9-10H2,1-3H3,(H,17,18)(H,19,20). The van der Waals surface area contributed by atoms with Gasteiger partial charge in [0, 0.05) is 12.6 Å². The summed E-state index contributed by atoms with van der Waals surface area (Å²) in [5.41, 5.74) is 1.69. The summed E-state index contributed by atoms with van der Waals surface area (Å²) in [5.74, 6) is -1.49. The molecule has 0 fully saturated rings. The van der Waals surface area contributed by atoms with Crippen molar-refractivity contribution < 1.29 is 19.8 Å². The first-order valence-corrected chi connectivity index (χ1v) is 6.67. The molecule has 0 aliphatic carbocycles. The number of aliphatic carboxylic acids is 1. The Bertz CT molecular complexity index is 561. The van der Waals surface area contributed by atoms with E-state index in [4.69, 9.17) is 5.11 Å². The summed E-state index contributed by atoms with van der Waals surface area (Å²) >= 11 is 0. The first-order chi connectivity index (χ1) is 9.69. The Morgan fingerprint density at radius 3 is 2.57 bits per heavy atom. The van der Waals surface area contributed by atoms with E-state index in [-0.39, 0.29) is 12.5 Å². The van der Waals surface area contributed by atoms with Crippen molar-refractivity contribution >= 4 is 18.0 Å². The second kappa shape index (κ2) is 7.04. The number of amides is 1. The van der Waals surface area contributed by atoms with E-state index in [1.165, 1.54) is 13.0 Å². The highest BCUT2D eigenvalue weighted by Gasteiger charge is 2.24. The smallest absolute Gasteiger partial charge is 0.306 e. The van der Waals surface area contributed by atoms with Crippen molar-refractivity contribution in [2.24, 2.45) is 0 Å². The van der Waals surface area contributed by atoms with Crippen LogP contribution >= 0.6 is 0 Å². The van der Waals surface area contributed by atoms with Gasteiger partial charge in [-0.1, -0.05) is 23.8 Å². The zero-order valence-electron chi connectivity index (χ0n) is 12.5. The molecule has 1 amide bonds. The van der Waals surface area contributed by atoms with E-state index in [0.29, 0.717) is 0 Å². The maximum atomic E-state index is 11.7. The van der Waals surface area contributed by atoms with Gasteiger partial charge in [0.1, 0.15) is 0 Å². The Hall–Kier alpha value is -2.14. The maximum absolute atomic E-state index is 11.7. The normalized spacial score (nSPS) is 13.9. The van der Waals surface area contributed by atoms with E-state index in [1.54, 1.807) is 6.08 Å². The molecule has 0 aliphatic rings. The molecular weight excluding hydrogens is 270 g/mol. The summed E-state index contributed by atoms with van der Waals surface area (Å²) < 4.78 is 0. The van der Waals surface area contributed by atoms with E-state index in [1.807, 2.05) is 32.0 Å². The first kappa shape index (κ1) is 16.9. The topological polar surface area (TPSA) is 86.6 Å². The van der Waals surface area contributed by atoms with Gasteiger partial charge in [-0.15, -0.1) is 0 Å². The predicted molar refractivity (Wildman–Crippen MR) is 80.8 cm³/mol. The number of aliphatic hydroxyl groups is 1. The molecule has 0 heterocycles. The van der Waals surface area contributed by atoms with E-state index >= 15 is 0 Å². The van der Waals surface area contributed by atoms with Crippen molar-refractivity contribution in [2.75, 3.05) is 6.54 Å². The highest BCUT2D eigenvalue weighted by Crippen LogP contribution is 2.12. The molecule has 0 radical (unpaired) electrons. The molecule has 5 nitrogen and oxygen atoms in total. The molecule has 1 aromatic rings. The molecule has 0 spiro atoms. The predicted octanol–water partition coefficient (Wildman–Crippen LogP) is 1.66. The monoisotopic (exact) mass is 291 g/mol. The highest BCUT2D eigenvalue weighted by atomic mass is 16.4. The van der Waals surface area contributed by atoms with Crippen LogP contribution in [0.2, 0.25) is 0 Å². The molecule has 5 heteroatoms. The molecule has 1 atom stereocenters. The molecular formula is C16H21NO4. The van der Waals surface area contributed by atoms with Gasteiger partial charge in [0.15, 0.2) is 0 Å². The molecule has 1 rings (SSSR count). The fourth-order valence-corrected chi connectivity index (χ4v) is 1.90. The van der Waals surface area contributed by atoms with Gasteiger partial charge in [0.05, 0.1) is 12.0 Å². The lowest BCUT2D eigenvalue weighted by molar-refractivity contribution is -0.142. The van der Waals surface area contributed by atoms with E-state index < -0.39 is 18.0 Å². The number of carboxylic acid groups (broad SMARTS) is 1. The fourth-order valence-electron chi connectivity index (χ4n) is 1.90. The summed E-state index contributed by atoms with van der Waals surface area (Å²) in [5, 5.41) is 20.9. The molecule has 3 N–H and O–H groups in total. The lowest BCUT2D eigenvalue weighted by atomic mass is 10.0. The van der Waals surface area contributed by atoms with Crippen LogP contribution in [0.1, 0.15) is 30.0 Å². The van der Waals surface area contributed by atoms with E-state index in [0.717, 1.165) is 16.7 Å². The van der Waals surface area contributed by atoms with Crippen molar-refractivity contribution in [3.8, 4) is 0 Å². The first-order valence-electron chi connectivity index (χ1n) is 6.67. The van der Waals surface area contributed by atoms with E-state index in [2.05, 4.69) is 5.32 Å². The van der Waals surface area contributed by atoms with Gasteiger partial charge in [0.2, 0.25) is 5.91 Å². The van der Waals surface area contributed by atoms with Crippen molar-refractivity contribution in [2.45, 2.75) is 32.8 Å². The highest BCUT2D eigenvalue weighted by molar-refractivity contribution is 5.92. The van der Waals surface area contributed by atoms with Gasteiger partial charge in [0.25, 0.3) is 0 Å². The molecule has 0 aliphatic heterocycles. The average Bonchev–Trinajstić information content (AvgIpc) is 2.34. The van der Waals surface area contributed by atoms with Crippen LogP contribution in [0.5, 0.6) is 0 Å². The second-order valence-corrected chi connectivity index (χ2v) is 5.48. The maximum Gasteiger partial charge on any atom is 0.306 e. The van der Waals surface area contributed by atoms with Crippen LogP contribution in [0.4, 0.5) is 0 Å². The number of benzene rings is 1. The summed E-state index contributed by atoms with van der Waals surface area (Å²) in [6, 6.07) is 5.91. The molecule has 0 aromatic heterocycles. The third-order valence-electron chi connectivity index (χ3n) is 3.02. The zero-order chi connectivity index (χ0) is 16.0. The Labute approximate surface area is 124 Å². The number of rotatable bonds is 6. The molecule has 0 bridgehead atoms. The Morgan fingerprint density at radius 1 is 1.33 bits per heavy atom. The second-order valence-electron chi connectivity index (χ2n) is 5.48. The Morgan fingerprint density at radius 2 is 2.00 bits per heavy atom. The van der Waals surface area contributed by atoms with Crippen LogP contribution in [0.3, 0.4) is 0 Å². The number of hydrogen-bond acceptors (Lipinski definition) is 3. The number of aryl methyl sites for hydroxylation is 2. The average molecular weight is 291 g/mol. The quantitative estimate of drug-likeness (QED) is 0.696. The van der Waals surface area contributed by atoms with Crippen LogP contribution < -0.4 is 5.32 Å². The van der Waals surface area contributed by atoms with E-state index in [9.17, 15) is 14.7 Å². The van der Waals surface area contributed by atoms with Crippen LogP contribution in [0.15, 0.2) is 24.3 Å². The minimum absolute atomic E-state index is 0.116. The lowest BCUT2D eigenvalue weighted by Gasteiger charge is -2.20. The van der Waals surface area contributed by atoms with Gasteiger partial charge in [-0.25, -0.2) is 0 Å². The van der Waals surface area contributed by atoms with Gasteiger partial charge in [-0.3, -0.25) is 9.59 Å². The lowest BCUT2D eigenvalue weighted by Crippen LogP contribution is -2.41. The van der Waals surface area contributed by atoms with Crippen LogP contribution in [0.25, 0.3) is 6.08 Å². The zero-order valence-corrected chi connectivity index (χ0v) is 12.5. The minimum atomic E-state index is -1.46. The van der Waals surface area contributed by atoms with Crippen molar-refractivity contribution in [3.63, 3.8) is 0 Å². The van der Waals surface area contributed by atoms with Crippen LogP contribution in [-0.4, -0.2) is 34.2 Å². The Balaban J connectivity index is 2.57. The van der Waals surface area contributed by atoms with Gasteiger partial charge < -0.3 is 15.5 Å². The van der Waals surface area contributed by atoms with Gasteiger partial charge in [-0.05, 0) is 38.0 Å². The Kier molecular flexibility index (Phi) is 5.67. The number of carbonyl (C=O) groups excluding carboxylic acids is 1. The number of carboxylic acids is 1. The van der Waals surface area contributed by atoms with Crippen molar-refractivity contribution in [1.29, 1.82) is 0 Å². The van der Waals surface area contributed by atoms with Crippen LogP contribution in [0, 0.1) is 13.8 Å². The summed E-state index contributed by atoms with van der Waals surface area (Å²) in [4.78, 5) is 22.2. The molecule has 0 saturated heterocycles. The van der Waals surface area contributed by atoms with Crippen LogP contribution in [-0.2, 0) is 9.59 Å². The van der Waals surface area contributed by atoms with Gasteiger partial charge in [-0.2, -0.15) is 0 Å². The molecule has 21 heavy (non-hydrogen) atoms. The van der Waals surface area contributed by atoms with Crippen molar-refractivity contribution in [3.05, 3.63) is 41.0 Å². The number of nitrogens with one attached hydrogen (secondary N) is 1. The van der Waals surface area contributed by atoms with Gasteiger partial charge >= 0.3 is 5.97 Å². The summed E-state index contributed by atoms with van der Waals surface area (Å²) in [6.07, 6.45) is 2.64. The summed E-state index contributed by atoms with van der Waals surface area (Å²) in [7, 11) is 0. The number of carbonyl (C=O) groups is 2. The molecule has 114 valence electrons. The molecule has 0 saturated carbocycles. The number of hydrogen-bond donors (Lipinski definition) is 3. The SMILES string of the molecule is Cc1ccc(C=CC(=O)NCC(C)(O)CC(=O)O)c(C)c1. The van der Waals surface area contributed by atoms with Crippen molar-refractivity contribution in [1.82, 2.24) is 5.32 Å². The fraction of sp³-hybridized carbons (Fsp3) is 0.375. The molecule has 1 aromatic carbocycles. The third-order valence-corrected chi connectivity index (χ3v) is 3.02. The third kappa shape index (κ3) is 6.23. The summed E-state index contributed by atoms with van der Waals surface area (Å²) in [6.45, 7) is 5.21. The largest absolute Gasteiger partial charge is 0.481 e. The minimum Gasteiger partial charge on any atom is -0.481 e. The molecule has 1 unspecified atom stereocenters.